The minimum atomic E-state index is -0.788. The van der Waals surface area contributed by atoms with Crippen LogP contribution in [0.25, 0.3) is 0 Å². The molecule has 0 saturated heterocycles. The molecule has 0 amide bonds. The van der Waals surface area contributed by atoms with Gasteiger partial charge < -0.3 is 10.4 Å². The first kappa shape index (κ1) is 12.9. The molecule has 0 unspecified atom stereocenters. The molecule has 0 aromatic carbocycles. The van der Waals surface area contributed by atoms with Crippen molar-refractivity contribution >= 4 is 11.9 Å². The molecule has 0 bridgehead atoms. The van der Waals surface area contributed by atoms with Gasteiger partial charge in [0.1, 0.15) is 11.8 Å². The average Bonchev–Trinajstić information content (AvgIpc) is 2.27. The lowest BCUT2D eigenvalue weighted by Gasteiger charge is -2.04. The lowest BCUT2D eigenvalue weighted by molar-refractivity contribution is -0.137. The van der Waals surface area contributed by atoms with Gasteiger partial charge in [-0.15, -0.1) is 0 Å². The van der Waals surface area contributed by atoms with Gasteiger partial charge in [0.05, 0.1) is 0 Å². The van der Waals surface area contributed by atoms with Gasteiger partial charge in [0, 0.05) is 18.7 Å². The highest BCUT2D eigenvalue weighted by Gasteiger charge is 2.01. The Labute approximate surface area is 99.3 Å². The molecule has 2 N–H and O–H groups in total. The van der Waals surface area contributed by atoms with Crippen LogP contribution in [-0.4, -0.2) is 27.6 Å². The van der Waals surface area contributed by atoms with Gasteiger partial charge in [0.25, 0.3) is 0 Å². The number of nitrogens with one attached hydrogen (secondary N) is 1. The van der Waals surface area contributed by atoms with Gasteiger partial charge in [0.15, 0.2) is 0 Å². The van der Waals surface area contributed by atoms with Gasteiger partial charge in [-0.1, -0.05) is 0 Å². The molecule has 6 nitrogen and oxygen atoms in total. The number of rotatable bonds is 6. The quantitative estimate of drug-likeness (QED) is 0.720. The fourth-order valence-electron chi connectivity index (χ4n) is 1.31. The molecule has 0 aliphatic carbocycles. The smallest absolute Gasteiger partial charge is 0.303 e. The molecule has 1 aromatic rings. The first-order chi connectivity index (χ1) is 8.11. The van der Waals surface area contributed by atoms with E-state index >= 15 is 0 Å². The summed E-state index contributed by atoms with van der Waals surface area (Å²) in [6.45, 7) is 2.39. The monoisotopic (exact) mass is 234 g/mol. The van der Waals surface area contributed by atoms with Gasteiger partial charge >= 0.3 is 5.97 Å². The summed E-state index contributed by atoms with van der Waals surface area (Å²) < 4.78 is 0. The Hall–Kier alpha value is -2.16. The van der Waals surface area contributed by atoms with Crippen molar-refractivity contribution in [2.75, 3.05) is 11.9 Å². The van der Waals surface area contributed by atoms with Crippen LogP contribution in [0.2, 0.25) is 0 Å². The van der Waals surface area contributed by atoms with Crippen LogP contribution in [0.15, 0.2) is 6.07 Å². The molecule has 0 radical (unpaired) electrons. The Balaban J connectivity index is 2.39. The second-order valence-electron chi connectivity index (χ2n) is 3.61. The van der Waals surface area contributed by atoms with Crippen molar-refractivity contribution in [1.82, 2.24) is 9.97 Å². The first-order valence-corrected chi connectivity index (χ1v) is 5.33. The van der Waals surface area contributed by atoms with Crippen molar-refractivity contribution in [3.8, 4) is 6.07 Å². The second kappa shape index (κ2) is 6.43. The number of aliphatic carboxylic acids is 1. The van der Waals surface area contributed by atoms with Gasteiger partial charge in [0.2, 0.25) is 5.95 Å². The Morgan fingerprint density at radius 3 is 2.94 bits per heavy atom. The van der Waals surface area contributed by atoms with Gasteiger partial charge in [-0.25, -0.2) is 9.97 Å². The van der Waals surface area contributed by atoms with Crippen molar-refractivity contribution < 1.29 is 9.90 Å². The van der Waals surface area contributed by atoms with Crippen LogP contribution in [0.1, 0.15) is 30.7 Å². The average molecular weight is 234 g/mol. The molecular formula is C11H14N4O2. The fourth-order valence-corrected chi connectivity index (χ4v) is 1.31. The zero-order valence-electron chi connectivity index (χ0n) is 9.60. The van der Waals surface area contributed by atoms with Gasteiger partial charge in [-0.3, -0.25) is 4.79 Å². The second-order valence-corrected chi connectivity index (χ2v) is 3.61. The lowest BCUT2D eigenvalue weighted by Crippen LogP contribution is -2.07. The predicted molar refractivity (Wildman–Crippen MR) is 61.5 cm³/mol. The number of carboxylic acid groups (broad SMARTS) is 1. The summed E-state index contributed by atoms with van der Waals surface area (Å²) in [7, 11) is 0. The zero-order chi connectivity index (χ0) is 12.7. The number of aryl methyl sites for hydroxylation is 1. The number of hydrogen-bond donors (Lipinski definition) is 2. The van der Waals surface area contributed by atoms with E-state index in [4.69, 9.17) is 10.4 Å². The van der Waals surface area contributed by atoms with E-state index in [1.807, 2.05) is 6.07 Å². The van der Waals surface area contributed by atoms with E-state index in [9.17, 15) is 4.79 Å². The van der Waals surface area contributed by atoms with E-state index in [0.717, 1.165) is 12.1 Å². The number of unbranched alkanes of at least 4 members (excludes halogenated alkanes) is 1. The van der Waals surface area contributed by atoms with Crippen LogP contribution in [0, 0.1) is 18.3 Å². The van der Waals surface area contributed by atoms with Gasteiger partial charge in [-0.05, 0) is 25.8 Å². The number of hydrogen-bond acceptors (Lipinski definition) is 5. The van der Waals surface area contributed by atoms with Crippen molar-refractivity contribution in [2.24, 2.45) is 0 Å². The van der Waals surface area contributed by atoms with E-state index < -0.39 is 5.97 Å². The van der Waals surface area contributed by atoms with Crippen molar-refractivity contribution in [3.05, 3.63) is 17.5 Å². The third kappa shape index (κ3) is 4.93. The maximum Gasteiger partial charge on any atom is 0.303 e. The first-order valence-electron chi connectivity index (χ1n) is 5.33. The molecule has 0 spiro atoms. The minimum absolute atomic E-state index is 0.166. The predicted octanol–water partition coefficient (Wildman–Crippen LogP) is 1.32. The van der Waals surface area contributed by atoms with Crippen LogP contribution >= 0.6 is 0 Å². The maximum atomic E-state index is 10.3. The van der Waals surface area contributed by atoms with Gasteiger partial charge in [-0.2, -0.15) is 5.26 Å². The molecule has 0 aliphatic heterocycles. The summed E-state index contributed by atoms with van der Waals surface area (Å²) in [6.07, 6.45) is 1.50. The number of nitrogens with zero attached hydrogens (tertiary/aromatic N) is 3. The standard InChI is InChI=1S/C11H14N4O2/c1-8-6-9(7-12)15-11(14-8)13-5-3-2-4-10(16)17/h6H,2-5H2,1H3,(H,16,17)(H,13,14,15). The molecule has 1 rings (SSSR count). The van der Waals surface area contributed by atoms with Crippen molar-refractivity contribution in [3.63, 3.8) is 0 Å². The highest BCUT2D eigenvalue weighted by molar-refractivity contribution is 5.66. The minimum Gasteiger partial charge on any atom is -0.481 e. The van der Waals surface area contributed by atoms with E-state index in [-0.39, 0.29) is 6.42 Å². The number of carboxylic acids is 1. The van der Waals surface area contributed by atoms with Crippen molar-refractivity contribution in [1.29, 1.82) is 5.26 Å². The summed E-state index contributed by atoms with van der Waals surface area (Å²) in [6, 6.07) is 3.56. The Morgan fingerprint density at radius 1 is 1.53 bits per heavy atom. The van der Waals surface area contributed by atoms with E-state index in [1.165, 1.54) is 0 Å². The fraction of sp³-hybridized carbons (Fsp3) is 0.455. The van der Waals surface area contributed by atoms with Crippen LogP contribution in [-0.2, 0) is 4.79 Å². The van der Waals surface area contributed by atoms with E-state index in [1.54, 1.807) is 13.0 Å². The number of aromatic nitrogens is 2. The third-order valence-corrected chi connectivity index (χ3v) is 2.07. The van der Waals surface area contributed by atoms with Crippen LogP contribution < -0.4 is 5.32 Å². The summed E-state index contributed by atoms with van der Waals surface area (Å²) in [5, 5.41) is 20.1. The molecule has 0 atom stereocenters. The molecule has 0 aliphatic rings. The highest BCUT2D eigenvalue weighted by atomic mass is 16.4. The summed E-state index contributed by atoms with van der Waals surface area (Å²) in [5.41, 5.74) is 1.05. The normalized spacial score (nSPS) is 9.65. The molecule has 6 heteroatoms. The Kier molecular flexibility index (Phi) is 4.88. The summed E-state index contributed by atoms with van der Waals surface area (Å²) in [4.78, 5) is 18.4. The Bertz CT molecular complexity index is 440. The van der Waals surface area contributed by atoms with Crippen LogP contribution in [0.3, 0.4) is 0 Å². The maximum absolute atomic E-state index is 10.3. The van der Waals surface area contributed by atoms with E-state index in [2.05, 4.69) is 15.3 Å². The molecule has 1 heterocycles. The summed E-state index contributed by atoms with van der Waals surface area (Å²) >= 11 is 0. The van der Waals surface area contributed by atoms with E-state index in [0.29, 0.717) is 24.6 Å². The Morgan fingerprint density at radius 2 is 2.29 bits per heavy atom. The van der Waals surface area contributed by atoms with Crippen LogP contribution in [0.5, 0.6) is 0 Å². The number of anilines is 1. The topological polar surface area (TPSA) is 98.9 Å². The number of nitriles is 1. The zero-order valence-corrected chi connectivity index (χ0v) is 9.60. The highest BCUT2D eigenvalue weighted by Crippen LogP contribution is 2.04. The number of carbonyl (C=O) groups is 1. The third-order valence-electron chi connectivity index (χ3n) is 2.07. The van der Waals surface area contributed by atoms with Crippen molar-refractivity contribution in [2.45, 2.75) is 26.2 Å². The molecule has 0 fully saturated rings. The molecule has 17 heavy (non-hydrogen) atoms. The molecule has 1 aromatic heterocycles. The molecule has 90 valence electrons. The largest absolute Gasteiger partial charge is 0.481 e. The van der Waals surface area contributed by atoms with Crippen LogP contribution in [0.4, 0.5) is 5.95 Å². The molecule has 0 saturated carbocycles. The SMILES string of the molecule is Cc1cc(C#N)nc(NCCCCC(=O)O)n1. The lowest BCUT2D eigenvalue weighted by atomic mass is 10.2. The summed E-state index contributed by atoms with van der Waals surface area (Å²) in [5.74, 6) is -0.375. The molecular weight excluding hydrogens is 220 g/mol.